The van der Waals surface area contributed by atoms with E-state index in [1.807, 2.05) is 25.2 Å². The summed E-state index contributed by atoms with van der Waals surface area (Å²) in [6, 6.07) is 7.47. The fourth-order valence-electron chi connectivity index (χ4n) is 2.27. The van der Waals surface area contributed by atoms with Crippen LogP contribution in [0, 0.1) is 0 Å². The molecule has 3 rings (SSSR count). The molecule has 1 aliphatic heterocycles. The number of nitrogens with two attached hydrogens (primary N) is 1. The number of benzene rings is 1. The molecule has 1 amide bonds. The molecule has 3 N–H and O–H groups in total. The van der Waals surface area contributed by atoms with Crippen molar-refractivity contribution >= 4 is 44.5 Å². The van der Waals surface area contributed by atoms with Gasteiger partial charge in [-0.2, -0.15) is 0 Å². The van der Waals surface area contributed by atoms with Gasteiger partial charge in [0.05, 0.1) is 6.54 Å². The Kier molecular flexibility index (Phi) is 3.54. The second kappa shape index (κ2) is 5.20. The smallest absolute Gasteiger partial charge is 0.245 e. The van der Waals surface area contributed by atoms with E-state index >= 15 is 0 Å². The van der Waals surface area contributed by atoms with Crippen LogP contribution in [0.15, 0.2) is 34.1 Å². The second-order valence-corrected chi connectivity index (χ2v) is 6.74. The molecule has 1 aromatic heterocycles. The van der Waals surface area contributed by atoms with Crippen molar-refractivity contribution in [2.75, 3.05) is 17.3 Å². The normalized spacial score (nSPS) is 16.9. The Labute approximate surface area is 129 Å². The molecule has 2 aromatic rings. The van der Waals surface area contributed by atoms with E-state index in [2.05, 4.69) is 37.6 Å². The van der Waals surface area contributed by atoms with Gasteiger partial charge >= 0.3 is 0 Å². The molecule has 0 saturated heterocycles. The number of nitrogens with one attached hydrogen (secondary N) is 1. The van der Waals surface area contributed by atoms with Gasteiger partial charge in [0.2, 0.25) is 5.91 Å². The predicted octanol–water partition coefficient (Wildman–Crippen LogP) is 3.10. The molecule has 0 radical (unpaired) electrons. The number of anilines is 2. The molecule has 1 atom stereocenters. The van der Waals surface area contributed by atoms with Crippen LogP contribution in [0.3, 0.4) is 0 Å². The van der Waals surface area contributed by atoms with Gasteiger partial charge < -0.3 is 16.0 Å². The Bertz CT molecular complexity index is 670. The highest BCUT2D eigenvalue weighted by atomic mass is 79.9. The highest BCUT2D eigenvalue weighted by molar-refractivity contribution is 9.10. The zero-order valence-corrected chi connectivity index (χ0v) is 13.3. The number of amides is 1. The first-order valence-corrected chi connectivity index (χ1v) is 7.86. The summed E-state index contributed by atoms with van der Waals surface area (Å²) in [4.78, 5) is 15.0. The van der Waals surface area contributed by atoms with Gasteiger partial charge in [-0.05, 0) is 34.1 Å². The topological polar surface area (TPSA) is 58.4 Å². The highest BCUT2D eigenvalue weighted by Crippen LogP contribution is 2.33. The van der Waals surface area contributed by atoms with Crippen molar-refractivity contribution in [2.45, 2.75) is 12.6 Å². The number of hydrogen-bond acceptors (Lipinski definition) is 4. The van der Waals surface area contributed by atoms with Crippen LogP contribution >= 0.6 is 27.3 Å². The molecule has 1 unspecified atom stereocenters. The largest absolute Gasteiger partial charge is 0.369 e. The zero-order valence-electron chi connectivity index (χ0n) is 10.9. The fourth-order valence-corrected chi connectivity index (χ4v) is 3.78. The molecule has 6 heteroatoms. The Morgan fingerprint density at radius 1 is 1.45 bits per heavy atom. The molecule has 0 spiro atoms. The van der Waals surface area contributed by atoms with Gasteiger partial charge in [-0.3, -0.25) is 4.79 Å². The lowest BCUT2D eigenvalue weighted by molar-refractivity contribution is -0.116. The van der Waals surface area contributed by atoms with Crippen LogP contribution in [-0.4, -0.2) is 13.0 Å². The van der Waals surface area contributed by atoms with E-state index in [1.165, 1.54) is 4.88 Å². The maximum Gasteiger partial charge on any atom is 0.245 e. The van der Waals surface area contributed by atoms with Crippen molar-refractivity contribution < 1.29 is 4.79 Å². The fraction of sp³-hybridized carbons (Fsp3) is 0.214. The van der Waals surface area contributed by atoms with Crippen LogP contribution in [0.2, 0.25) is 0 Å². The zero-order chi connectivity index (χ0) is 14.3. The number of nitrogens with zero attached hydrogens (tertiary/aromatic N) is 1. The van der Waals surface area contributed by atoms with Crippen LogP contribution in [-0.2, 0) is 11.3 Å². The number of halogens is 1. The Morgan fingerprint density at radius 2 is 2.25 bits per heavy atom. The minimum atomic E-state index is -0.544. The Balaban J connectivity index is 1.81. The minimum Gasteiger partial charge on any atom is -0.369 e. The van der Waals surface area contributed by atoms with E-state index in [-0.39, 0.29) is 5.91 Å². The van der Waals surface area contributed by atoms with Gasteiger partial charge in [-0.1, -0.05) is 6.07 Å². The summed E-state index contributed by atoms with van der Waals surface area (Å²) in [7, 11) is 2.03. The van der Waals surface area contributed by atoms with Gasteiger partial charge in [0.1, 0.15) is 6.04 Å². The summed E-state index contributed by atoms with van der Waals surface area (Å²) in [6.07, 6.45) is 0. The summed E-state index contributed by atoms with van der Waals surface area (Å²) < 4.78 is 1.11. The number of carbonyl (C=O) groups excluding carboxylic acids is 1. The standard InChI is InChI=1S/C14H14BrN3OS/c1-18(6-10-4-8(15)7-20-10)9-2-3-11-12(5-9)17-14(19)13(11)16/h2-5,7,13H,6,16H2,1H3,(H,17,19). The van der Waals surface area contributed by atoms with Gasteiger partial charge in [-0.25, -0.2) is 0 Å². The van der Waals surface area contributed by atoms with Gasteiger partial charge in [0, 0.05) is 38.7 Å². The summed E-state index contributed by atoms with van der Waals surface area (Å²) in [5.41, 5.74) is 8.56. The molecule has 0 aliphatic carbocycles. The van der Waals surface area contributed by atoms with Crippen LogP contribution in [0.25, 0.3) is 0 Å². The van der Waals surface area contributed by atoms with Crippen LogP contribution < -0.4 is 16.0 Å². The number of rotatable bonds is 3. The molecule has 1 aromatic carbocycles. The molecule has 2 heterocycles. The van der Waals surface area contributed by atoms with Crippen molar-refractivity contribution in [1.82, 2.24) is 0 Å². The van der Waals surface area contributed by atoms with Crippen molar-refractivity contribution in [3.63, 3.8) is 0 Å². The molecule has 104 valence electrons. The van der Waals surface area contributed by atoms with Crippen molar-refractivity contribution in [2.24, 2.45) is 5.73 Å². The molecule has 1 aliphatic rings. The number of fused-ring (bicyclic) bond motifs is 1. The lowest BCUT2D eigenvalue weighted by Gasteiger charge is -2.19. The highest BCUT2D eigenvalue weighted by Gasteiger charge is 2.27. The van der Waals surface area contributed by atoms with E-state index in [9.17, 15) is 4.79 Å². The quantitative estimate of drug-likeness (QED) is 0.893. The third-order valence-electron chi connectivity index (χ3n) is 3.37. The number of thiophene rings is 1. The average Bonchev–Trinajstić information content (AvgIpc) is 2.94. The van der Waals surface area contributed by atoms with Gasteiger partial charge in [0.15, 0.2) is 0 Å². The monoisotopic (exact) mass is 351 g/mol. The lowest BCUT2D eigenvalue weighted by atomic mass is 10.1. The van der Waals surface area contributed by atoms with E-state index in [1.54, 1.807) is 11.3 Å². The van der Waals surface area contributed by atoms with E-state index in [0.29, 0.717) is 0 Å². The van der Waals surface area contributed by atoms with E-state index < -0.39 is 6.04 Å². The molecule has 0 saturated carbocycles. The number of hydrogen-bond donors (Lipinski definition) is 2. The summed E-state index contributed by atoms with van der Waals surface area (Å²) in [6.45, 7) is 0.828. The molecular weight excluding hydrogens is 338 g/mol. The molecule has 20 heavy (non-hydrogen) atoms. The minimum absolute atomic E-state index is 0.137. The molecule has 0 fully saturated rings. The first-order chi connectivity index (χ1) is 9.54. The predicted molar refractivity (Wildman–Crippen MR) is 86.1 cm³/mol. The van der Waals surface area contributed by atoms with Crippen LogP contribution in [0.5, 0.6) is 0 Å². The maximum atomic E-state index is 11.6. The third kappa shape index (κ3) is 2.46. The summed E-state index contributed by atoms with van der Waals surface area (Å²) in [5.74, 6) is -0.137. The third-order valence-corrected chi connectivity index (χ3v) is 5.05. The van der Waals surface area contributed by atoms with Crippen molar-refractivity contribution in [3.8, 4) is 0 Å². The van der Waals surface area contributed by atoms with Gasteiger partial charge in [0.25, 0.3) is 0 Å². The Hall–Kier alpha value is -1.37. The molecule has 0 bridgehead atoms. The maximum absolute atomic E-state index is 11.6. The first kappa shape index (κ1) is 13.6. The van der Waals surface area contributed by atoms with Gasteiger partial charge in [-0.15, -0.1) is 11.3 Å². The summed E-state index contributed by atoms with van der Waals surface area (Å²) in [5, 5.41) is 4.89. The van der Waals surface area contributed by atoms with Crippen molar-refractivity contribution in [3.05, 3.63) is 44.6 Å². The first-order valence-electron chi connectivity index (χ1n) is 6.19. The van der Waals surface area contributed by atoms with Crippen molar-refractivity contribution in [1.29, 1.82) is 0 Å². The Morgan fingerprint density at radius 3 is 2.95 bits per heavy atom. The van der Waals surface area contributed by atoms with Crippen LogP contribution in [0.1, 0.15) is 16.5 Å². The lowest BCUT2D eigenvalue weighted by Crippen LogP contribution is -2.19. The summed E-state index contributed by atoms with van der Waals surface area (Å²) >= 11 is 5.18. The molecular formula is C14H14BrN3OS. The molecule has 4 nitrogen and oxygen atoms in total. The van der Waals surface area contributed by atoms with E-state index in [0.717, 1.165) is 28.0 Å². The SMILES string of the molecule is CN(Cc1cc(Br)cs1)c1ccc2c(c1)NC(=O)C2N. The number of carbonyl (C=O) groups is 1. The second-order valence-electron chi connectivity index (χ2n) is 4.83. The van der Waals surface area contributed by atoms with E-state index in [4.69, 9.17) is 5.73 Å². The average molecular weight is 352 g/mol. The van der Waals surface area contributed by atoms with Crippen LogP contribution in [0.4, 0.5) is 11.4 Å².